The fraction of sp³-hybridized carbons (Fsp3) is 0.122. The highest BCUT2D eigenvalue weighted by atomic mass is 35.5. The van der Waals surface area contributed by atoms with E-state index in [1.165, 1.54) is 17.8 Å². The molecule has 264 valence electrons. The van der Waals surface area contributed by atoms with E-state index < -0.39 is 23.0 Å². The number of benzene rings is 5. The molecule has 0 fully saturated rings. The Balaban J connectivity index is 1.30. The van der Waals surface area contributed by atoms with Crippen molar-refractivity contribution in [3.8, 4) is 0 Å². The van der Waals surface area contributed by atoms with Crippen LogP contribution >= 0.6 is 35.0 Å². The normalized spacial score (nSPS) is 11.6. The Labute approximate surface area is 316 Å². The third-order valence-corrected chi connectivity index (χ3v) is 9.74. The lowest BCUT2D eigenvalue weighted by Gasteiger charge is -2.18. The second kappa shape index (κ2) is 18.8. The molecule has 0 heterocycles. The van der Waals surface area contributed by atoms with Gasteiger partial charge in [-0.3, -0.25) is 14.4 Å². The van der Waals surface area contributed by atoms with Gasteiger partial charge >= 0.3 is 5.97 Å². The summed E-state index contributed by atoms with van der Waals surface area (Å²) in [5, 5.41) is 8.40. The van der Waals surface area contributed by atoms with E-state index in [1.54, 1.807) is 97.1 Å². The molecule has 0 saturated heterocycles. The van der Waals surface area contributed by atoms with Crippen LogP contribution in [0.3, 0.4) is 0 Å². The second-order valence-electron chi connectivity index (χ2n) is 11.5. The van der Waals surface area contributed by atoms with Crippen LogP contribution in [0.1, 0.15) is 56.9 Å². The number of thioether (sulfide) groups is 1. The first kappa shape index (κ1) is 37.9. The number of rotatable bonds is 14. The summed E-state index contributed by atoms with van der Waals surface area (Å²) in [6.07, 6.45) is 3.18. The Morgan fingerprint density at radius 1 is 0.731 bits per heavy atom. The van der Waals surface area contributed by atoms with Crippen LogP contribution in [0.4, 0.5) is 11.4 Å². The van der Waals surface area contributed by atoms with E-state index in [0.29, 0.717) is 39.7 Å². The van der Waals surface area contributed by atoms with Gasteiger partial charge in [0.05, 0.1) is 22.2 Å². The highest BCUT2D eigenvalue weighted by Crippen LogP contribution is 2.37. The lowest BCUT2D eigenvalue weighted by Crippen LogP contribution is -2.30. The second-order valence-corrected chi connectivity index (χ2v) is 13.4. The summed E-state index contributed by atoms with van der Waals surface area (Å²) in [5.41, 5.74) is 2.98. The van der Waals surface area contributed by atoms with Crippen LogP contribution in [-0.4, -0.2) is 30.3 Å². The van der Waals surface area contributed by atoms with Crippen molar-refractivity contribution in [2.45, 2.75) is 29.9 Å². The molecular weight excluding hydrogens is 717 g/mol. The van der Waals surface area contributed by atoms with Gasteiger partial charge in [-0.15, -0.1) is 11.8 Å². The molecule has 52 heavy (non-hydrogen) atoms. The van der Waals surface area contributed by atoms with E-state index in [4.69, 9.17) is 27.9 Å². The zero-order valence-electron chi connectivity index (χ0n) is 28.1. The van der Waals surface area contributed by atoms with E-state index in [-0.39, 0.29) is 16.6 Å². The zero-order chi connectivity index (χ0) is 36.9. The van der Waals surface area contributed by atoms with Crippen molar-refractivity contribution in [3.05, 3.63) is 165 Å². The van der Waals surface area contributed by atoms with Crippen molar-refractivity contribution in [1.29, 1.82) is 0 Å². The third kappa shape index (κ3) is 10.6. The number of hydrogen-bond acceptors (Lipinski definition) is 6. The maximum atomic E-state index is 13.6. The SMILES string of the molecule is CCCCOC(=O)c1ccc(NC(=O)C(Sc2ccc(NC(=O)/C(=C/c3cccc(Cl)c3Cl)NC(=O)c3ccccc3)cc2)c2ccccc2)cc1. The van der Waals surface area contributed by atoms with Gasteiger partial charge in [-0.2, -0.15) is 0 Å². The molecule has 0 aliphatic carbocycles. The van der Waals surface area contributed by atoms with Gasteiger partial charge in [0.2, 0.25) is 5.91 Å². The number of hydrogen-bond donors (Lipinski definition) is 3. The lowest BCUT2D eigenvalue weighted by molar-refractivity contribution is -0.116. The molecule has 1 atom stereocenters. The van der Waals surface area contributed by atoms with Crippen molar-refractivity contribution in [2.24, 2.45) is 0 Å². The number of halogens is 2. The molecule has 0 aliphatic rings. The first-order valence-electron chi connectivity index (χ1n) is 16.4. The number of esters is 1. The number of amides is 3. The molecule has 3 amide bonds. The average molecular weight is 753 g/mol. The minimum atomic E-state index is -0.620. The first-order chi connectivity index (χ1) is 25.2. The van der Waals surface area contributed by atoms with Crippen LogP contribution in [0.5, 0.6) is 0 Å². The Morgan fingerprint density at radius 2 is 1.37 bits per heavy atom. The number of carbonyl (C=O) groups is 4. The molecule has 8 nitrogen and oxygen atoms in total. The van der Waals surface area contributed by atoms with Gasteiger partial charge in [0.15, 0.2) is 0 Å². The number of ether oxygens (including phenoxy) is 1. The van der Waals surface area contributed by atoms with Gasteiger partial charge in [0.25, 0.3) is 11.8 Å². The minimum absolute atomic E-state index is 0.0429. The van der Waals surface area contributed by atoms with Crippen LogP contribution in [0.25, 0.3) is 6.08 Å². The molecule has 11 heteroatoms. The molecular formula is C41H35Cl2N3O5S. The minimum Gasteiger partial charge on any atom is -0.462 e. The molecule has 3 N–H and O–H groups in total. The van der Waals surface area contributed by atoms with Crippen LogP contribution in [0.2, 0.25) is 10.0 Å². The van der Waals surface area contributed by atoms with Crippen molar-refractivity contribution < 1.29 is 23.9 Å². The predicted molar refractivity (Wildman–Crippen MR) is 209 cm³/mol. The van der Waals surface area contributed by atoms with Gasteiger partial charge < -0.3 is 20.7 Å². The molecule has 5 rings (SSSR count). The van der Waals surface area contributed by atoms with Gasteiger partial charge in [0, 0.05) is 21.8 Å². The van der Waals surface area contributed by atoms with Gasteiger partial charge in [-0.1, -0.05) is 97.2 Å². The smallest absolute Gasteiger partial charge is 0.338 e. The van der Waals surface area contributed by atoms with E-state index in [2.05, 4.69) is 16.0 Å². The van der Waals surface area contributed by atoms with E-state index in [1.807, 2.05) is 37.3 Å². The quantitative estimate of drug-likeness (QED) is 0.0451. The monoisotopic (exact) mass is 751 g/mol. The molecule has 0 aromatic heterocycles. The summed E-state index contributed by atoms with van der Waals surface area (Å²) in [5.74, 6) is -1.71. The van der Waals surface area contributed by atoms with E-state index >= 15 is 0 Å². The van der Waals surface area contributed by atoms with Crippen molar-refractivity contribution in [2.75, 3.05) is 17.2 Å². The topological polar surface area (TPSA) is 114 Å². The summed E-state index contributed by atoms with van der Waals surface area (Å²) >= 11 is 13.9. The maximum absolute atomic E-state index is 13.6. The first-order valence-corrected chi connectivity index (χ1v) is 18.1. The number of anilines is 2. The molecule has 0 radical (unpaired) electrons. The Kier molecular flexibility index (Phi) is 13.7. The number of carbonyl (C=O) groups excluding carboxylic acids is 4. The van der Waals surface area contributed by atoms with Crippen LogP contribution in [0.15, 0.2) is 138 Å². The number of unbranched alkanes of at least 4 members (excludes halogenated alkanes) is 1. The summed E-state index contributed by atoms with van der Waals surface area (Å²) in [6.45, 7) is 2.38. The lowest BCUT2D eigenvalue weighted by atomic mass is 10.1. The Morgan fingerprint density at radius 3 is 2.04 bits per heavy atom. The summed E-state index contributed by atoms with van der Waals surface area (Å²) in [7, 11) is 0. The number of nitrogens with one attached hydrogen (secondary N) is 3. The van der Waals surface area contributed by atoms with Crippen molar-refractivity contribution in [1.82, 2.24) is 5.32 Å². The summed E-state index contributed by atoms with van der Waals surface area (Å²) < 4.78 is 5.28. The van der Waals surface area contributed by atoms with E-state index in [9.17, 15) is 19.2 Å². The molecule has 5 aromatic rings. The molecule has 0 saturated carbocycles. The summed E-state index contributed by atoms with van der Waals surface area (Å²) in [4.78, 5) is 53.3. The van der Waals surface area contributed by atoms with Crippen LogP contribution in [-0.2, 0) is 14.3 Å². The molecule has 0 aliphatic heterocycles. The zero-order valence-corrected chi connectivity index (χ0v) is 30.4. The average Bonchev–Trinajstić information content (AvgIpc) is 3.17. The Bertz CT molecular complexity index is 2040. The van der Waals surface area contributed by atoms with Crippen LogP contribution in [0, 0.1) is 0 Å². The Hall–Kier alpha value is -5.35. The standard InChI is InChI=1S/C41H35Cl2N3O5S/c1-2-3-25-51-41(50)29-17-19-31(20-18-29)45-40(49)37(27-11-6-4-7-12-27)52-33-23-21-32(22-24-33)44-39(48)35(26-30-15-10-16-34(42)36(30)43)46-38(47)28-13-8-5-9-14-28/h4-24,26,37H,2-3,25H2,1H3,(H,44,48)(H,45,49)(H,46,47)/b35-26-. The highest BCUT2D eigenvalue weighted by molar-refractivity contribution is 8.00. The van der Waals surface area contributed by atoms with Crippen molar-refractivity contribution in [3.63, 3.8) is 0 Å². The highest BCUT2D eigenvalue weighted by Gasteiger charge is 2.23. The van der Waals surface area contributed by atoms with Gasteiger partial charge in [-0.05, 0) is 90.4 Å². The molecule has 1 unspecified atom stereocenters. The summed E-state index contributed by atoms with van der Waals surface area (Å²) in [6, 6.07) is 36.5. The van der Waals surface area contributed by atoms with E-state index in [0.717, 1.165) is 23.3 Å². The van der Waals surface area contributed by atoms with Crippen LogP contribution < -0.4 is 16.0 Å². The molecule has 5 aromatic carbocycles. The third-order valence-electron chi connectivity index (χ3n) is 7.64. The maximum Gasteiger partial charge on any atom is 0.338 e. The molecule has 0 bridgehead atoms. The van der Waals surface area contributed by atoms with Gasteiger partial charge in [-0.25, -0.2) is 4.79 Å². The fourth-order valence-corrected chi connectivity index (χ4v) is 6.26. The largest absolute Gasteiger partial charge is 0.462 e. The van der Waals surface area contributed by atoms with Crippen molar-refractivity contribution >= 4 is 76.1 Å². The van der Waals surface area contributed by atoms with Gasteiger partial charge in [0.1, 0.15) is 10.9 Å². The fourth-order valence-electron chi connectivity index (χ4n) is 4.87. The molecule has 0 spiro atoms. The predicted octanol–water partition coefficient (Wildman–Crippen LogP) is 9.83.